The lowest BCUT2D eigenvalue weighted by Crippen LogP contribution is -2.50. The van der Waals surface area contributed by atoms with Gasteiger partial charge in [-0.05, 0) is 36.4 Å². The molecule has 1 unspecified atom stereocenters. The first-order valence-corrected chi connectivity index (χ1v) is 11.5. The minimum Gasteiger partial charge on any atom is -0.360 e. The van der Waals surface area contributed by atoms with Gasteiger partial charge in [0.2, 0.25) is 17.7 Å². The van der Waals surface area contributed by atoms with Gasteiger partial charge in [0.05, 0.1) is 34.6 Å². The Balaban J connectivity index is 1.47. The standard InChI is InChI=1S/C27H22N4O4/c1-29-19-13-8-14-28-23(19)21(18-15-20(32)30(25(18)33)16-9-4-2-5-10-16)22-24(29)27(35)31(26(22)34)17-11-6-3-7-12-17/h2-14,18,21-22,24H,15H2,1H3/t18?,21-,22-,24+/m1/s1. The predicted octanol–water partition coefficient (Wildman–Crippen LogP) is 2.75. The first-order valence-electron chi connectivity index (χ1n) is 11.5. The molecule has 2 fully saturated rings. The Morgan fingerprint density at radius 3 is 2.00 bits per heavy atom. The number of carbonyl (C=O) groups excluding carboxylic acids is 4. The normalized spacial score (nSPS) is 25.8. The van der Waals surface area contributed by atoms with Crippen molar-refractivity contribution in [1.82, 2.24) is 4.98 Å². The number of likely N-dealkylation sites (N-methyl/N-ethyl adjacent to an activating group) is 1. The molecule has 0 aliphatic carbocycles. The van der Waals surface area contributed by atoms with Crippen molar-refractivity contribution in [3.05, 3.63) is 84.7 Å². The summed E-state index contributed by atoms with van der Waals surface area (Å²) in [5, 5.41) is 0. The molecule has 2 saturated heterocycles. The SMILES string of the molecule is CN1c2cccnc2[C@H](C2CC(=O)N(c3ccccc3)C2=O)[C@H]2C(=O)N(c3ccccc3)C(=O)[C@H]21. The van der Waals surface area contributed by atoms with Gasteiger partial charge in [-0.2, -0.15) is 0 Å². The molecule has 0 N–H and O–H groups in total. The topological polar surface area (TPSA) is 90.9 Å². The molecule has 8 nitrogen and oxygen atoms in total. The van der Waals surface area contributed by atoms with E-state index in [9.17, 15) is 19.2 Å². The molecule has 1 aromatic heterocycles. The van der Waals surface area contributed by atoms with E-state index in [1.165, 1.54) is 9.80 Å². The van der Waals surface area contributed by atoms with Crippen molar-refractivity contribution in [3.8, 4) is 0 Å². The van der Waals surface area contributed by atoms with Gasteiger partial charge in [-0.25, -0.2) is 4.90 Å². The van der Waals surface area contributed by atoms with Crippen LogP contribution < -0.4 is 14.7 Å². The Hall–Kier alpha value is -4.33. The maximum Gasteiger partial charge on any atom is 0.257 e. The number of benzene rings is 2. The summed E-state index contributed by atoms with van der Waals surface area (Å²) in [6.07, 6.45) is 1.57. The molecule has 3 aromatic rings. The lowest BCUT2D eigenvalue weighted by Gasteiger charge is -2.40. The van der Waals surface area contributed by atoms with Crippen molar-refractivity contribution in [2.75, 3.05) is 21.7 Å². The van der Waals surface area contributed by atoms with Crippen LogP contribution in [-0.2, 0) is 19.2 Å². The average molecular weight is 466 g/mol. The third-order valence-corrected chi connectivity index (χ3v) is 7.28. The highest BCUT2D eigenvalue weighted by molar-refractivity contribution is 6.26. The van der Waals surface area contributed by atoms with Crippen molar-refractivity contribution in [2.45, 2.75) is 18.4 Å². The Labute approximate surface area is 201 Å². The number of rotatable bonds is 3. The summed E-state index contributed by atoms with van der Waals surface area (Å²) in [5.41, 5.74) is 2.23. The molecular weight excluding hydrogens is 444 g/mol. The fourth-order valence-corrected chi connectivity index (χ4v) is 5.78. The molecule has 8 heteroatoms. The highest BCUT2D eigenvalue weighted by atomic mass is 16.2. The van der Waals surface area contributed by atoms with Crippen LogP contribution in [0.25, 0.3) is 0 Å². The van der Waals surface area contributed by atoms with Crippen LogP contribution in [-0.4, -0.2) is 41.7 Å². The first kappa shape index (κ1) is 21.2. The fourth-order valence-electron chi connectivity index (χ4n) is 5.78. The summed E-state index contributed by atoms with van der Waals surface area (Å²) in [4.78, 5) is 63.0. The number of hydrogen-bond acceptors (Lipinski definition) is 6. The number of hydrogen-bond donors (Lipinski definition) is 0. The number of imide groups is 2. The van der Waals surface area contributed by atoms with Crippen LogP contribution in [0, 0.1) is 11.8 Å². The van der Waals surface area contributed by atoms with E-state index in [0.29, 0.717) is 22.8 Å². The van der Waals surface area contributed by atoms with E-state index < -0.39 is 23.8 Å². The third-order valence-electron chi connectivity index (χ3n) is 7.28. The minimum absolute atomic E-state index is 0.0475. The second-order valence-electron chi connectivity index (χ2n) is 9.08. The van der Waals surface area contributed by atoms with Crippen LogP contribution in [0.4, 0.5) is 17.1 Å². The highest BCUT2D eigenvalue weighted by Gasteiger charge is 2.61. The van der Waals surface area contributed by atoms with E-state index in [4.69, 9.17) is 0 Å². The van der Waals surface area contributed by atoms with Gasteiger partial charge < -0.3 is 4.90 Å². The molecule has 35 heavy (non-hydrogen) atoms. The zero-order chi connectivity index (χ0) is 24.3. The van der Waals surface area contributed by atoms with Gasteiger partial charge in [0.15, 0.2) is 0 Å². The summed E-state index contributed by atoms with van der Waals surface area (Å²) < 4.78 is 0. The number of aromatic nitrogens is 1. The molecule has 4 heterocycles. The van der Waals surface area contributed by atoms with Crippen LogP contribution in [0.3, 0.4) is 0 Å². The van der Waals surface area contributed by atoms with Crippen LogP contribution in [0.2, 0.25) is 0 Å². The van der Waals surface area contributed by atoms with Gasteiger partial charge in [-0.3, -0.25) is 29.1 Å². The van der Waals surface area contributed by atoms with Gasteiger partial charge in [-0.15, -0.1) is 0 Å². The van der Waals surface area contributed by atoms with Crippen LogP contribution in [0.5, 0.6) is 0 Å². The Kier molecular flexibility index (Phi) is 4.77. The number of anilines is 3. The van der Waals surface area contributed by atoms with Gasteiger partial charge in [-0.1, -0.05) is 36.4 Å². The van der Waals surface area contributed by atoms with Gasteiger partial charge in [0, 0.05) is 25.6 Å². The zero-order valence-electron chi connectivity index (χ0n) is 18.9. The number of pyridine rings is 1. The smallest absolute Gasteiger partial charge is 0.257 e. The summed E-state index contributed by atoms with van der Waals surface area (Å²) in [6.45, 7) is 0. The molecule has 3 aliphatic heterocycles. The molecule has 0 bridgehead atoms. The van der Waals surface area contributed by atoms with Gasteiger partial charge in [0.25, 0.3) is 5.91 Å². The Bertz CT molecular complexity index is 1360. The van der Waals surface area contributed by atoms with Gasteiger partial charge in [0.1, 0.15) is 6.04 Å². The third kappa shape index (κ3) is 3.02. The lowest BCUT2D eigenvalue weighted by molar-refractivity contribution is -0.124. The Morgan fingerprint density at radius 2 is 1.34 bits per heavy atom. The highest BCUT2D eigenvalue weighted by Crippen LogP contribution is 2.51. The minimum atomic E-state index is -0.840. The first-order chi connectivity index (χ1) is 17.0. The van der Waals surface area contributed by atoms with Crippen LogP contribution in [0.1, 0.15) is 18.0 Å². The predicted molar refractivity (Wildman–Crippen MR) is 129 cm³/mol. The molecule has 0 spiro atoms. The number of fused-ring (bicyclic) bond motifs is 2. The largest absolute Gasteiger partial charge is 0.360 e. The number of amides is 4. The molecule has 0 saturated carbocycles. The monoisotopic (exact) mass is 466 g/mol. The lowest BCUT2D eigenvalue weighted by atomic mass is 9.72. The number of nitrogens with zero attached hydrogens (tertiary/aromatic N) is 4. The van der Waals surface area contributed by atoms with E-state index in [-0.39, 0.29) is 30.0 Å². The maximum atomic E-state index is 13.9. The molecular formula is C27H22N4O4. The number of para-hydroxylation sites is 2. The van der Waals surface area contributed by atoms with Crippen molar-refractivity contribution in [3.63, 3.8) is 0 Å². The van der Waals surface area contributed by atoms with E-state index in [1.807, 2.05) is 18.2 Å². The average Bonchev–Trinajstić information content (AvgIpc) is 3.32. The summed E-state index contributed by atoms with van der Waals surface area (Å²) in [6, 6.07) is 20.4. The molecule has 6 rings (SSSR count). The van der Waals surface area contributed by atoms with Gasteiger partial charge >= 0.3 is 0 Å². The zero-order valence-corrected chi connectivity index (χ0v) is 18.9. The van der Waals surface area contributed by atoms with E-state index in [1.54, 1.807) is 72.7 Å². The quantitative estimate of drug-likeness (QED) is 0.552. The summed E-state index contributed by atoms with van der Waals surface area (Å²) in [7, 11) is 1.77. The van der Waals surface area contributed by atoms with Crippen molar-refractivity contribution < 1.29 is 19.2 Å². The summed E-state index contributed by atoms with van der Waals surface area (Å²) in [5.74, 6) is -3.76. The van der Waals surface area contributed by atoms with Crippen LogP contribution >= 0.6 is 0 Å². The second-order valence-corrected chi connectivity index (χ2v) is 9.08. The second kappa shape index (κ2) is 7.87. The van der Waals surface area contributed by atoms with Crippen molar-refractivity contribution >= 4 is 40.7 Å². The Morgan fingerprint density at radius 1 is 0.714 bits per heavy atom. The summed E-state index contributed by atoms with van der Waals surface area (Å²) >= 11 is 0. The van der Waals surface area contributed by atoms with E-state index in [2.05, 4.69) is 4.98 Å². The van der Waals surface area contributed by atoms with Crippen LogP contribution in [0.15, 0.2) is 79.0 Å². The molecule has 174 valence electrons. The maximum absolute atomic E-state index is 13.9. The fraction of sp³-hybridized carbons (Fsp3) is 0.222. The number of carbonyl (C=O) groups is 4. The van der Waals surface area contributed by atoms with Crippen molar-refractivity contribution in [2.24, 2.45) is 11.8 Å². The van der Waals surface area contributed by atoms with E-state index >= 15 is 0 Å². The molecule has 4 atom stereocenters. The van der Waals surface area contributed by atoms with Crippen molar-refractivity contribution in [1.29, 1.82) is 0 Å². The molecule has 0 radical (unpaired) electrons. The molecule has 4 amide bonds. The molecule has 3 aliphatic rings. The molecule has 2 aromatic carbocycles. The van der Waals surface area contributed by atoms with E-state index in [0.717, 1.165) is 0 Å².